The number of ether oxygens (including phenoxy) is 5. The number of thioether (sulfide) groups is 1. The molecule has 0 radical (unpaired) electrons. The summed E-state index contributed by atoms with van der Waals surface area (Å²) in [7, 11) is 7.44. The van der Waals surface area contributed by atoms with Gasteiger partial charge in [0.05, 0.1) is 53.5 Å². The molecule has 1 heterocycles. The summed E-state index contributed by atoms with van der Waals surface area (Å²) in [6.45, 7) is -0.0156. The van der Waals surface area contributed by atoms with Crippen molar-refractivity contribution in [1.29, 1.82) is 0 Å². The summed E-state index contributed by atoms with van der Waals surface area (Å²) in [5, 5.41) is 13.4. The molecule has 0 aliphatic heterocycles. The number of aromatic nitrogens is 2. The Balaban J connectivity index is 1.54. The van der Waals surface area contributed by atoms with E-state index in [0.717, 1.165) is 11.8 Å². The molecule has 0 saturated heterocycles. The maximum absolute atomic E-state index is 12.6. The van der Waals surface area contributed by atoms with Gasteiger partial charge in [0.15, 0.2) is 11.5 Å². The van der Waals surface area contributed by atoms with Crippen molar-refractivity contribution in [3.8, 4) is 28.7 Å². The molecule has 0 spiro atoms. The van der Waals surface area contributed by atoms with Crippen molar-refractivity contribution in [2.45, 2.75) is 11.8 Å². The van der Waals surface area contributed by atoms with E-state index in [9.17, 15) is 9.59 Å². The molecule has 13 heteroatoms. The second kappa shape index (κ2) is 12.5. The first-order chi connectivity index (χ1) is 17.4. The maximum atomic E-state index is 12.6. The van der Waals surface area contributed by atoms with Crippen molar-refractivity contribution in [3.05, 3.63) is 41.8 Å². The number of anilines is 1. The molecule has 2 N–H and O–H groups in total. The van der Waals surface area contributed by atoms with Crippen LogP contribution in [0.3, 0.4) is 0 Å². The van der Waals surface area contributed by atoms with Crippen LogP contribution in [0.5, 0.6) is 28.7 Å². The van der Waals surface area contributed by atoms with Crippen LogP contribution >= 0.6 is 11.8 Å². The van der Waals surface area contributed by atoms with E-state index < -0.39 is 5.91 Å². The van der Waals surface area contributed by atoms with E-state index in [0.29, 0.717) is 40.0 Å². The van der Waals surface area contributed by atoms with Gasteiger partial charge in [0.1, 0.15) is 11.5 Å². The fraction of sp³-hybridized carbons (Fsp3) is 0.304. The van der Waals surface area contributed by atoms with Crippen molar-refractivity contribution in [1.82, 2.24) is 15.5 Å². The number of benzene rings is 2. The van der Waals surface area contributed by atoms with Crippen molar-refractivity contribution >= 4 is 29.3 Å². The number of hydrogen-bond donors (Lipinski definition) is 2. The van der Waals surface area contributed by atoms with E-state index in [2.05, 4.69) is 20.8 Å². The number of nitrogens with zero attached hydrogens (tertiary/aromatic N) is 2. The molecule has 2 aromatic carbocycles. The molecule has 3 aromatic rings. The number of carbonyl (C=O) groups excluding carboxylic acids is 2. The predicted octanol–water partition coefficient (Wildman–Crippen LogP) is 2.77. The van der Waals surface area contributed by atoms with Gasteiger partial charge in [-0.2, -0.15) is 0 Å². The fourth-order valence-corrected chi connectivity index (χ4v) is 3.63. The summed E-state index contributed by atoms with van der Waals surface area (Å²) in [4.78, 5) is 25.0. The highest BCUT2D eigenvalue weighted by molar-refractivity contribution is 7.99. The van der Waals surface area contributed by atoms with Crippen LogP contribution in [-0.4, -0.2) is 63.3 Å². The van der Waals surface area contributed by atoms with Gasteiger partial charge in [0.25, 0.3) is 11.1 Å². The molecule has 3 rings (SSSR count). The van der Waals surface area contributed by atoms with Crippen LogP contribution in [0.15, 0.2) is 40.0 Å². The Hall–Kier alpha value is -4.13. The number of amides is 2. The Labute approximate surface area is 211 Å². The van der Waals surface area contributed by atoms with Crippen molar-refractivity contribution in [2.24, 2.45) is 0 Å². The van der Waals surface area contributed by atoms with E-state index in [1.54, 1.807) is 25.3 Å². The molecule has 192 valence electrons. The standard InChI is InChI=1S/C23H26N4O8S/c1-30-14-6-7-15(16(10-14)31-2)25-19(28)12-36-23-27-26-20(35-23)11-24-22(29)13-8-17(32-3)21(34-5)18(9-13)33-4/h6-10H,11-12H2,1-5H3,(H,24,29)(H,25,28). The van der Waals surface area contributed by atoms with Gasteiger partial charge in [-0.05, 0) is 24.3 Å². The highest BCUT2D eigenvalue weighted by Gasteiger charge is 2.18. The minimum absolute atomic E-state index is 0.0156. The third kappa shape index (κ3) is 6.50. The summed E-state index contributed by atoms with van der Waals surface area (Å²) in [6.07, 6.45) is 0. The number of rotatable bonds is 12. The van der Waals surface area contributed by atoms with Crippen LogP contribution in [0.2, 0.25) is 0 Å². The average Bonchev–Trinajstić information content (AvgIpc) is 3.37. The number of nitrogens with one attached hydrogen (secondary N) is 2. The van der Waals surface area contributed by atoms with Gasteiger partial charge in [-0.25, -0.2) is 0 Å². The maximum Gasteiger partial charge on any atom is 0.277 e. The Bertz CT molecular complexity index is 1190. The highest BCUT2D eigenvalue weighted by Crippen LogP contribution is 2.38. The quantitative estimate of drug-likeness (QED) is 0.342. The van der Waals surface area contributed by atoms with Crippen molar-refractivity contribution in [2.75, 3.05) is 46.6 Å². The molecular weight excluding hydrogens is 492 g/mol. The lowest BCUT2D eigenvalue weighted by molar-refractivity contribution is -0.113. The smallest absolute Gasteiger partial charge is 0.277 e. The summed E-state index contributed by atoms with van der Waals surface area (Å²) in [5.41, 5.74) is 0.800. The lowest BCUT2D eigenvalue weighted by Gasteiger charge is -2.13. The summed E-state index contributed by atoms with van der Waals surface area (Å²) >= 11 is 1.06. The van der Waals surface area contributed by atoms with Gasteiger partial charge in [-0.3, -0.25) is 9.59 Å². The SMILES string of the molecule is COc1ccc(NC(=O)CSc2nnc(CNC(=O)c3cc(OC)c(OC)c(OC)c3)o2)c(OC)c1. The second-order valence-corrected chi connectivity index (χ2v) is 7.89. The Morgan fingerprint density at radius 3 is 2.19 bits per heavy atom. The van der Waals surface area contributed by atoms with Crippen LogP contribution in [0, 0.1) is 0 Å². The molecule has 36 heavy (non-hydrogen) atoms. The topological polar surface area (TPSA) is 143 Å². The van der Waals surface area contributed by atoms with Gasteiger partial charge < -0.3 is 38.7 Å². The van der Waals surface area contributed by atoms with Gasteiger partial charge >= 0.3 is 0 Å². The molecule has 0 unspecified atom stereocenters. The van der Waals surface area contributed by atoms with Gasteiger partial charge in [-0.15, -0.1) is 10.2 Å². The van der Waals surface area contributed by atoms with Crippen LogP contribution in [-0.2, 0) is 11.3 Å². The minimum atomic E-state index is -0.408. The first-order valence-corrected chi connectivity index (χ1v) is 11.5. The average molecular weight is 519 g/mol. The molecule has 12 nitrogen and oxygen atoms in total. The first-order valence-electron chi connectivity index (χ1n) is 10.5. The van der Waals surface area contributed by atoms with Gasteiger partial charge in [-0.1, -0.05) is 11.8 Å². The zero-order valence-electron chi connectivity index (χ0n) is 20.4. The number of methoxy groups -OCH3 is 5. The molecule has 1 aromatic heterocycles. The van der Waals surface area contributed by atoms with Crippen molar-refractivity contribution < 1.29 is 37.7 Å². The molecule has 0 fully saturated rings. The summed E-state index contributed by atoms with van der Waals surface area (Å²) in [5.74, 6) is 1.65. The highest BCUT2D eigenvalue weighted by atomic mass is 32.2. The predicted molar refractivity (Wildman–Crippen MR) is 130 cm³/mol. The third-order valence-electron chi connectivity index (χ3n) is 4.78. The van der Waals surface area contributed by atoms with E-state index in [1.807, 2.05) is 0 Å². The molecule has 2 amide bonds. The zero-order valence-corrected chi connectivity index (χ0v) is 21.2. The molecule has 0 aliphatic carbocycles. The number of hydrogen-bond acceptors (Lipinski definition) is 11. The molecule has 0 aliphatic rings. The van der Waals surface area contributed by atoms with Crippen molar-refractivity contribution in [3.63, 3.8) is 0 Å². The molecular formula is C23H26N4O8S. The van der Waals surface area contributed by atoms with Crippen LogP contribution < -0.4 is 34.3 Å². The first kappa shape index (κ1) is 26.5. The largest absolute Gasteiger partial charge is 0.497 e. The molecule has 0 bridgehead atoms. The second-order valence-electron chi connectivity index (χ2n) is 6.96. The third-order valence-corrected chi connectivity index (χ3v) is 5.60. The Kier molecular flexibility index (Phi) is 9.22. The lowest BCUT2D eigenvalue weighted by Crippen LogP contribution is -2.23. The monoisotopic (exact) mass is 518 g/mol. The van der Waals surface area contributed by atoms with Crippen LogP contribution in [0.4, 0.5) is 5.69 Å². The zero-order chi connectivity index (χ0) is 26.1. The minimum Gasteiger partial charge on any atom is -0.497 e. The fourth-order valence-electron chi connectivity index (χ4n) is 3.05. The van der Waals surface area contributed by atoms with Crippen LogP contribution in [0.25, 0.3) is 0 Å². The molecule has 0 atom stereocenters. The van der Waals surface area contributed by atoms with E-state index in [1.165, 1.54) is 40.6 Å². The van der Waals surface area contributed by atoms with E-state index >= 15 is 0 Å². The Morgan fingerprint density at radius 2 is 1.58 bits per heavy atom. The normalized spacial score (nSPS) is 10.4. The van der Waals surface area contributed by atoms with Crippen LogP contribution in [0.1, 0.15) is 16.2 Å². The lowest BCUT2D eigenvalue weighted by atomic mass is 10.1. The Morgan fingerprint density at radius 1 is 0.889 bits per heavy atom. The van der Waals surface area contributed by atoms with Gasteiger partial charge in [0.2, 0.25) is 17.5 Å². The number of carbonyl (C=O) groups is 2. The van der Waals surface area contributed by atoms with E-state index in [4.69, 9.17) is 28.1 Å². The summed E-state index contributed by atoms with van der Waals surface area (Å²) < 4.78 is 31.7. The van der Waals surface area contributed by atoms with E-state index in [-0.39, 0.29) is 29.3 Å². The van der Waals surface area contributed by atoms with Gasteiger partial charge in [0, 0.05) is 11.6 Å². The molecule has 0 saturated carbocycles. The summed E-state index contributed by atoms with van der Waals surface area (Å²) in [6, 6.07) is 8.12.